The fourth-order valence-corrected chi connectivity index (χ4v) is 2.68. The summed E-state index contributed by atoms with van der Waals surface area (Å²) in [5.74, 6) is 0.759. The maximum atomic E-state index is 11.5. The average molecular weight is 278 g/mol. The molecular formula is C15H22N2OS. The number of nitrogens with zero attached hydrogens (tertiary/aromatic N) is 1. The van der Waals surface area contributed by atoms with Gasteiger partial charge in [0, 0.05) is 32.1 Å². The second kappa shape index (κ2) is 7.56. The van der Waals surface area contributed by atoms with Crippen LogP contribution in [0.25, 0.3) is 0 Å². The zero-order chi connectivity index (χ0) is 13.5. The Labute approximate surface area is 120 Å². The van der Waals surface area contributed by atoms with Gasteiger partial charge in [-0.2, -0.15) is 12.6 Å². The van der Waals surface area contributed by atoms with Crippen LogP contribution in [0.2, 0.25) is 0 Å². The number of piperidine rings is 1. The molecule has 0 atom stereocenters. The predicted molar refractivity (Wildman–Crippen MR) is 81.4 cm³/mol. The molecule has 0 aliphatic carbocycles. The number of amides is 1. The molecule has 4 heteroatoms. The fourth-order valence-electron chi connectivity index (χ4n) is 2.48. The Kier molecular flexibility index (Phi) is 5.73. The van der Waals surface area contributed by atoms with E-state index in [2.05, 4.69) is 47.1 Å². The van der Waals surface area contributed by atoms with Crippen LogP contribution in [0.15, 0.2) is 30.3 Å². The molecule has 0 saturated carbocycles. The van der Waals surface area contributed by atoms with Crippen LogP contribution in [0.4, 0.5) is 0 Å². The molecule has 1 N–H and O–H groups in total. The Balaban J connectivity index is 1.72. The molecule has 1 aliphatic rings. The van der Waals surface area contributed by atoms with Crippen LogP contribution in [0, 0.1) is 0 Å². The van der Waals surface area contributed by atoms with Gasteiger partial charge < -0.3 is 5.32 Å². The first-order valence-corrected chi connectivity index (χ1v) is 7.57. The summed E-state index contributed by atoms with van der Waals surface area (Å²) in [4.78, 5) is 14.0. The van der Waals surface area contributed by atoms with Crippen LogP contribution in [0.1, 0.15) is 24.8 Å². The summed E-state index contributed by atoms with van der Waals surface area (Å²) in [7, 11) is 0. The SMILES string of the molecule is O=C(CCS)NC1CCN(Cc2ccccc2)CC1. The van der Waals surface area contributed by atoms with E-state index >= 15 is 0 Å². The molecule has 19 heavy (non-hydrogen) atoms. The highest BCUT2D eigenvalue weighted by Gasteiger charge is 2.20. The summed E-state index contributed by atoms with van der Waals surface area (Å²) in [6, 6.07) is 10.9. The minimum Gasteiger partial charge on any atom is -0.353 e. The molecule has 1 heterocycles. The molecule has 0 aromatic heterocycles. The van der Waals surface area contributed by atoms with Crippen LogP contribution in [-0.2, 0) is 11.3 Å². The second-order valence-electron chi connectivity index (χ2n) is 5.08. The summed E-state index contributed by atoms with van der Waals surface area (Å²) < 4.78 is 0. The first-order chi connectivity index (χ1) is 9.28. The number of carbonyl (C=O) groups excluding carboxylic acids is 1. The first kappa shape index (κ1) is 14.4. The first-order valence-electron chi connectivity index (χ1n) is 6.94. The van der Waals surface area contributed by atoms with E-state index in [0.29, 0.717) is 18.2 Å². The van der Waals surface area contributed by atoms with Gasteiger partial charge in [-0.3, -0.25) is 9.69 Å². The maximum absolute atomic E-state index is 11.5. The molecule has 3 nitrogen and oxygen atoms in total. The Morgan fingerprint density at radius 2 is 1.95 bits per heavy atom. The second-order valence-corrected chi connectivity index (χ2v) is 5.52. The largest absolute Gasteiger partial charge is 0.353 e. The van der Waals surface area contributed by atoms with Crippen molar-refractivity contribution in [3.05, 3.63) is 35.9 Å². The third kappa shape index (κ3) is 4.88. The van der Waals surface area contributed by atoms with Gasteiger partial charge >= 0.3 is 0 Å². The van der Waals surface area contributed by atoms with Crippen molar-refractivity contribution in [3.8, 4) is 0 Å². The van der Waals surface area contributed by atoms with E-state index in [9.17, 15) is 4.79 Å². The van der Waals surface area contributed by atoms with Crippen molar-refractivity contribution in [1.29, 1.82) is 0 Å². The molecule has 1 aromatic rings. The number of benzene rings is 1. The van der Waals surface area contributed by atoms with Gasteiger partial charge in [0.05, 0.1) is 0 Å². The molecule has 0 radical (unpaired) electrons. The Hall–Kier alpha value is -1.00. The quantitative estimate of drug-likeness (QED) is 0.808. The van der Waals surface area contributed by atoms with Crippen molar-refractivity contribution in [2.24, 2.45) is 0 Å². The van der Waals surface area contributed by atoms with Crippen LogP contribution >= 0.6 is 12.6 Å². The summed E-state index contributed by atoms with van der Waals surface area (Å²) in [6.45, 7) is 3.12. The van der Waals surface area contributed by atoms with Gasteiger partial charge in [-0.15, -0.1) is 0 Å². The highest BCUT2D eigenvalue weighted by Crippen LogP contribution is 2.13. The maximum Gasteiger partial charge on any atom is 0.221 e. The van der Waals surface area contributed by atoms with Gasteiger partial charge in [-0.1, -0.05) is 30.3 Å². The molecule has 104 valence electrons. The molecule has 0 spiro atoms. The zero-order valence-electron chi connectivity index (χ0n) is 11.2. The predicted octanol–water partition coefficient (Wildman–Crippen LogP) is 2.09. The van der Waals surface area contributed by atoms with Gasteiger partial charge in [-0.25, -0.2) is 0 Å². The summed E-state index contributed by atoms with van der Waals surface area (Å²) in [5.41, 5.74) is 1.36. The van der Waals surface area contributed by atoms with Crippen LogP contribution in [0.3, 0.4) is 0 Å². The smallest absolute Gasteiger partial charge is 0.221 e. The van der Waals surface area contributed by atoms with Crippen molar-refractivity contribution < 1.29 is 4.79 Å². The van der Waals surface area contributed by atoms with Crippen molar-refractivity contribution >= 4 is 18.5 Å². The van der Waals surface area contributed by atoms with Gasteiger partial charge in [0.15, 0.2) is 0 Å². The Morgan fingerprint density at radius 1 is 1.26 bits per heavy atom. The number of hydrogen-bond donors (Lipinski definition) is 2. The standard InChI is InChI=1S/C15H22N2OS/c18-15(8-11-19)16-14-6-9-17(10-7-14)12-13-4-2-1-3-5-13/h1-5,14,19H,6-12H2,(H,16,18). The third-order valence-corrected chi connectivity index (χ3v) is 3.76. The topological polar surface area (TPSA) is 32.3 Å². The Morgan fingerprint density at radius 3 is 2.58 bits per heavy atom. The van der Waals surface area contributed by atoms with E-state index in [1.54, 1.807) is 0 Å². The molecule has 1 fully saturated rings. The molecule has 0 unspecified atom stereocenters. The van der Waals surface area contributed by atoms with Crippen LogP contribution < -0.4 is 5.32 Å². The number of thiol groups is 1. The molecular weight excluding hydrogens is 256 g/mol. The van der Waals surface area contributed by atoms with Gasteiger partial charge in [0.25, 0.3) is 0 Å². The molecule has 0 bridgehead atoms. The van der Waals surface area contributed by atoms with Crippen LogP contribution in [0.5, 0.6) is 0 Å². The highest BCUT2D eigenvalue weighted by molar-refractivity contribution is 7.80. The highest BCUT2D eigenvalue weighted by atomic mass is 32.1. The monoisotopic (exact) mass is 278 g/mol. The minimum absolute atomic E-state index is 0.136. The third-order valence-electron chi connectivity index (χ3n) is 3.54. The summed E-state index contributed by atoms with van der Waals surface area (Å²) in [5, 5.41) is 3.09. The van der Waals surface area contributed by atoms with Crippen LogP contribution in [-0.4, -0.2) is 35.7 Å². The van der Waals surface area contributed by atoms with E-state index in [0.717, 1.165) is 32.5 Å². The lowest BCUT2D eigenvalue weighted by Gasteiger charge is -2.32. The zero-order valence-corrected chi connectivity index (χ0v) is 12.1. The van der Waals surface area contributed by atoms with E-state index in [1.807, 2.05) is 6.07 Å². The lowest BCUT2D eigenvalue weighted by atomic mass is 10.0. The van der Waals surface area contributed by atoms with Crippen molar-refractivity contribution in [2.45, 2.75) is 31.8 Å². The summed E-state index contributed by atoms with van der Waals surface area (Å²) >= 11 is 4.08. The molecule has 1 aliphatic heterocycles. The van der Waals surface area contributed by atoms with Gasteiger partial charge in [-0.05, 0) is 24.2 Å². The van der Waals surface area contributed by atoms with E-state index < -0.39 is 0 Å². The fraction of sp³-hybridized carbons (Fsp3) is 0.533. The number of carbonyl (C=O) groups is 1. The number of rotatable bonds is 5. The number of likely N-dealkylation sites (tertiary alicyclic amines) is 1. The molecule has 1 saturated heterocycles. The average Bonchev–Trinajstić information content (AvgIpc) is 2.42. The van der Waals surface area contributed by atoms with Crippen molar-refractivity contribution in [1.82, 2.24) is 10.2 Å². The van der Waals surface area contributed by atoms with Gasteiger partial charge in [0.2, 0.25) is 5.91 Å². The van der Waals surface area contributed by atoms with E-state index in [-0.39, 0.29) is 5.91 Å². The molecule has 1 amide bonds. The number of nitrogens with one attached hydrogen (secondary N) is 1. The van der Waals surface area contributed by atoms with E-state index in [4.69, 9.17) is 0 Å². The van der Waals surface area contributed by atoms with Crippen molar-refractivity contribution in [3.63, 3.8) is 0 Å². The number of hydrogen-bond acceptors (Lipinski definition) is 3. The molecule has 1 aromatic carbocycles. The lowest BCUT2D eigenvalue weighted by molar-refractivity contribution is -0.121. The van der Waals surface area contributed by atoms with E-state index in [1.165, 1.54) is 5.56 Å². The Bertz CT molecular complexity index is 388. The lowest BCUT2D eigenvalue weighted by Crippen LogP contribution is -2.44. The normalized spacial score (nSPS) is 17.3. The molecule has 2 rings (SSSR count). The summed E-state index contributed by atoms with van der Waals surface area (Å²) in [6.07, 6.45) is 2.61. The minimum atomic E-state index is 0.136. The van der Waals surface area contributed by atoms with Crippen molar-refractivity contribution in [2.75, 3.05) is 18.8 Å². The van der Waals surface area contributed by atoms with Gasteiger partial charge in [0.1, 0.15) is 0 Å².